The molecule has 0 aromatic heterocycles. The number of rotatable bonds is 9. The van der Waals surface area contributed by atoms with Crippen LogP contribution in [0.25, 0.3) is 0 Å². The maximum Gasteiger partial charge on any atom is 0.338 e. The molecule has 0 fully saturated rings. The van der Waals surface area contributed by atoms with E-state index in [9.17, 15) is 9.59 Å². The van der Waals surface area contributed by atoms with Crippen LogP contribution < -0.4 is 10.1 Å². The molecular weight excluding hydrogens is 346 g/mol. The lowest BCUT2D eigenvalue weighted by Gasteiger charge is -2.10. The lowest BCUT2D eigenvalue weighted by atomic mass is 10.1. The smallest absolute Gasteiger partial charge is 0.338 e. The summed E-state index contributed by atoms with van der Waals surface area (Å²) in [7, 11) is 0. The van der Waals surface area contributed by atoms with Gasteiger partial charge in [-0.3, -0.25) is 4.79 Å². The summed E-state index contributed by atoms with van der Waals surface area (Å²) in [6, 6.07) is 12.3. The fraction of sp³-hybridized carbons (Fsp3) is 0.333. The Labute approximate surface area is 159 Å². The number of carbonyl (C=O) groups is 2. The number of aryl methyl sites for hydroxylation is 2. The Bertz CT molecular complexity index is 771. The Balaban J connectivity index is 1.82. The van der Waals surface area contributed by atoms with Gasteiger partial charge in [-0.15, -0.1) is 0 Å². The molecule has 2 aromatic carbocycles. The third-order valence-corrected chi connectivity index (χ3v) is 3.77. The first-order chi connectivity index (χ1) is 13.0. The lowest BCUT2D eigenvalue weighted by molar-refractivity contribution is -0.118. The predicted octanol–water partition coefficient (Wildman–Crippen LogP) is 3.51. The van der Waals surface area contributed by atoms with Gasteiger partial charge < -0.3 is 19.5 Å². The Morgan fingerprint density at radius 3 is 2.44 bits per heavy atom. The van der Waals surface area contributed by atoms with Crippen LogP contribution in [0.2, 0.25) is 0 Å². The van der Waals surface area contributed by atoms with Crippen molar-refractivity contribution in [3.63, 3.8) is 0 Å². The zero-order valence-corrected chi connectivity index (χ0v) is 15.9. The van der Waals surface area contributed by atoms with E-state index in [1.54, 1.807) is 24.3 Å². The molecule has 6 nitrogen and oxygen atoms in total. The maximum absolute atomic E-state index is 12.1. The van der Waals surface area contributed by atoms with E-state index >= 15 is 0 Å². The molecule has 0 bridgehead atoms. The van der Waals surface area contributed by atoms with Crippen LogP contribution in [0.15, 0.2) is 42.5 Å². The van der Waals surface area contributed by atoms with Crippen LogP contribution in [0.4, 0.5) is 5.69 Å². The van der Waals surface area contributed by atoms with Gasteiger partial charge in [0.25, 0.3) is 5.91 Å². The number of ether oxygens (including phenoxy) is 3. The summed E-state index contributed by atoms with van der Waals surface area (Å²) in [5.74, 6) is -0.0101. The Kier molecular flexibility index (Phi) is 7.82. The van der Waals surface area contributed by atoms with Gasteiger partial charge in [-0.1, -0.05) is 12.1 Å². The second-order valence-corrected chi connectivity index (χ2v) is 6.02. The van der Waals surface area contributed by atoms with Crippen molar-refractivity contribution in [3.05, 3.63) is 59.2 Å². The topological polar surface area (TPSA) is 73.9 Å². The van der Waals surface area contributed by atoms with Gasteiger partial charge >= 0.3 is 5.97 Å². The quantitative estimate of drug-likeness (QED) is 0.539. The van der Waals surface area contributed by atoms with Gasteiger partial charge in [0, 0.05) is 12.3 Å². The summed E-state index contributed by atoms with van der Waals surface area (Å²) >= 11 is 0. The van der Waals surface area contributed by atoms with E-state index in [1.165, 1.54) is 0 Å². The summed E-state index contributed by atoms with van der Waals surface area (Å²) in [5.41, 5.74) is 3.03. The van der Waals surface area contributed by atoms with Gasteiger partial charge in [0.05, 0.1) is 12.2 Å². The fourth-order valence-corrected chi connectivity index (χ4v) is 2.31. The van der Waals surface area contributed by atoms with Crippen LogP contribution in [0.1, 0.15) is 28.4 Å². The van der Waals surface area contributed by atoms with Crippen molar-refractivity contribution in [2.24, 2.45) is 0 Å². The third-order valence-electron chi connectivity index (χ3n) is 3.77. The van der Waals surface area contributed by atoms with E-state index in [1.807, 2.05) is 39.0 Å². The first-order valence-corrected chi connectivity index (χ1v) is 8.84. The van der Waals surface area contributed by atoms with Crippen molar-refractivity contribution in [2.45, 2.75) is 20.8 Å². The van der Waals surface area contributed by atoms with Crippen molar-refractivity contribution < 1.29 is 23.8 Å². The van der Waals surface area contributed by atoms with Crippen LogP contribution in [-0.4, -0.2) is 38.3 Å². The fourth-order valence-electron chi connectivity index (χ4n) is 2.31. The minimum atomic E-state index is -0.425. The monoisotopic (exact) mass is 371 g/mol. The summed E-state index contributed by atoms with van der Waals surface area (Å²) in [6.07, 6.45) is 0. The van der Waals surface area contributed by atoms with Gasteiger partial charge in [-0.25, -0.2) is 4.79 Å². The van der Waals surface area contributed by atoms with Gasteiger partial charge in [-0.2, -0.15) is 0 Å². The molecule has 0 aliphatic rings. The molecule has 2 rings (SSSR count). The molecule has 2 aromatic rings. The molecule has 0 spiro atoms. The molecule has 144 valence electrons. The van der Waals surface area contributed by atoms with E-state index in [2.05, 4.69) is 5.32 Å². The molecule has 0 unspecified atom stereocenters. The highest BCUT2D eigenvalue weighted by molar-refractivity contribution is 5.93. The zero-order chi connectivity index (χ0) is 19.6. The molecule has 6 heteroatoms. The number of hydrogen-bond donors (Lipinski definition) is 1. The van der Waals surface area contributed by atoms with Crippen molar-refractivity contribution in [2.75, 3.05) is 31.7 Å². The average molecular weight is 371 g/mol. The highest BCUT2D eigenvalue weighted by Crippen LogP contribution is 2.19. The highest BCUT2D eigenvalue weighted by Gasteiger charge is 2.09. The van der Waals surface area contributed by atoms with E-state index < -0.39 is 5.97 Å². The summed E-state index contributed by atoms with van der Waals surface area (Å²) < 4.78 is 15.8. The van der Waals surface area contributed by atoms with Crippen molar-refractivity contribution >= 4 is 17.6 Å². The number of nitrogens with one attached hydrogen (secondary N) is 1. The largest absolute Gasteiger partial charge is 0.483 e. The van der Waals surface area contributed by atoms with E-state index in [0.29, 0.717) is 30.2 Å². The van der Waals surface area contributed by atoms with E-state index in [-0.39, 0.29) is 19.1 Å². The minimum absolute atomic E-state index is 0.0918. The molecule has 0 saturated heterocycles. The first kappa shape index (κ1) is 20.5. The normalized spacial score (nSPS) is 10.3. The SMILES string of the molecule is CCOCCOC(=O)c1ccc(NC(=O)COc2cc(C)ccc2C)cc1. The summed E-state index contributed by atoms with van der Waals surface area (Å²) in [5, 5.41) is 2.74. The first-order valence-electron chi connectivity index (χ1n) is 8.84. The van der Waals surface area contributed by atoms with Gasteiger partial charge in [0.2, 0.25) is 0 Å². The van der Waals surface area contributed by atoms with Crippen molar-refractivity contribution in [1.82, 2.24) is 0 Å². The molecule has 0 aliphatic heterocycles. The number of benzene rings is 2. The van der Waals surface area contributed by atoms with Gasteiger partial charge in [0.15, 0.2) is 6.61 Å². The zero-order valence-electron chi connectivity index (χ0n) is 15.9. The Hall–Kier alpha value is -2.86. The van der Waals surface area contributed by atoms with Crippen molar-refractivity contribution in [1.29, 1.82) is 0 Å². The molecule has 0 radical (unpaired) electrons. The average Bonchev–Trinajstić information content (AvgIpc) is 2.66. The van der Waals surface area contributed by atoms with Crippen LogP contribution >= 0.6 is 0 Å². The maximum atomic E-state index is 12.1. The van der Waals surface area contributed by atoms with E-state index in [4.69, 9.17) is 14.2 Å². The lowest BCUT2D eigenvalue weighted by Crippen LogP contribution is -2.20. The molecule has 0 heterocycles. The number of anilines is 1. The van der Waals surface area contributed by atoms with Crippen molar-refractivity contribution in [3.8, 4) is 5.75 Å². The number of carbonyl (C=O) groups excluding carboxylic acids is 2. The Morgan fingerprint density at radius 1 is 1.00 bits per heavy atom. The summed E-state index contributed by atoms with van der Waals surface area (Å²) in [6.45, 7) is 6.85. The van der Waals surface area contributed by atoms with E-state index in [0.717, 1.165) is 11.1 Å². The minimum Gasteiger partial charge on any atom is -0.483 e. The molecule has 1 N–H and O–H groups in total. The molecule has 0 aliphatic carbocycles. The molecule has 0 atom stereocenters. The number of amides is 1. The standard InChI is InChI=1S/C21H25NO5/c1-4-25-11-12-26-21(24)17-7-9-18(10-8-17)22-20(23)14-27-19-13-15(2)5-6-16(19)3/h5-10,13H,4,11-12,14H2,1-3H3,(H,22,23). The van der Waals surface area contributed by atoms with Crippen LogP contribution in [0.5, 0.6) is 5.75 Å². The third kappa shape index (κ3) is 6.75. The van der Waals surface area contributed by atoms with Crippen LogP contribution in [0.3, 0.4) is 0 Å². The van der Waals surface area contributed by atoms with Gasteiger partial charge in [-0.05, 0) is 62.2 Å². The number of esters is 1. The van der Waals surface area contributed by atoms with Crippen LogP contribution in [-0.2, 0) is 14.3 Å². The highest BCUT2D eigenvalue weighted by atomic mass is 16.6. The molecule has 1 amide bonds. The second kappa shape index (κ2) is 10.3. The molecular formula is C21H25NO5. The Morgan fingerprint density at radius 2 is 1.74 bits per heavy atom. The summed E-state index contributed by atoms with van der Waals surface area (Å²) in [4.78, 5) is 23.9. The van der Waals surface area contributed by atoms with Crippen LogP contribution in [0, 0.1) is 13.8 Å². The number of hydrogen-bond acceptors (Lipinski definition) is 5. The molecule has 0 saturated carbocycles. The predicted molar refractivity (Wildman–Crippen MR) is 103 cm³/mol. The molecule has 27 heavy (non-hydrogen) atoms. The second-order valence-electron chi connectivity index (χ2n) is 6.02. The van der Waals surface area contributed by atoms with Gasteiger partial charge in [0.1, 0.15) is 12.4 Å².